The van der Waals surface area contributed by atoms with E-state index in [1.165, 1.54) is 14.2 Å². The SMILES string of the molecule is COC(=O)c1n[nH]c(C(=O)OC)c1-c1ccccc1. The summed E-state index contributed by atoms with van der Waals surface area (Å²) in [5, 5.41) is 6.35. The van der Waals surface area contributed by atoms with Crippen molar-refractivity contribution in [3.63, 3.8) is 0 Å². The lowest BCUT2D eigenvalue weighted by Crippen LogP contribution is -2.06. The number of rotatable bonds is 3. The molecule has 98 valence electrons. The van der Waals surface area contributed by atoms with E-state index in [2.05, 4.69) is 19.7 Å². The third kappa shape index (κ3) is 2.33. The molecule has 0 atom stereocenters. The van der Waals surface area contributed by atoms with E-state index in [9.17, 15) is 9.59 Å². The maximum atomic E-state index is 11.7. The van der Waals surface area contributed by atoms with Crippen LogP contribution < -0.4 is 0 Å². The van der Waals surface area contributed by atoms with Gasteiger partial charge in [0, 0.05) is 5.56 Å². The smallest absolute Gasteiger partial charge is 0.359 e. The third-order valence-corrected chi connectivity index (χ3v) is 2.60. The molecule has 0 aliphatic carbocycles. The van der Waals surface area contributed by atoms with E-state index in [1.54, 1.807) is 24.3 Å². The number of hydrogen-bond acceptors (Lipinski definition) is 5. The maximum absolute atomic E-state index is 11.7. The number of esters is 2. The monoisotopic (exact) mass is 260 g/mol. The Hall–Kier alpha value is -2.63. The van der Waals surface area contributed by atoms with Crippen molar-refractivity contribution in [3.8, 4) is 11.1 Å². The van der Waals surface area contributed by atoms with E-state index in [0.29, 0.717) is 11.1 Å². The van der Waals surface area contributed by atoms with Gasteiger partial charge in [-0.2, -0.15) is 5.10 Å². The summed E-state index contributed by atoms with van der Waals surface area (Å²) in [7, 11) is 2.51. The second-order valence-corrected chi connectivity index (χ2v) is 3.67. The molecule has 2 aromatic rings. The Bertz CT molecular complexity index is 571. The highest BCUT2D eigenvalue weighted by molar-refractivity contribution is 6.03. The number of methoxy groups -OCH3 is 2. The summed E-state index contributed by atoms with van der Waals surface area (Å²) >= 11 is 0. The second kappa shape index (κ2) is 5.34. The lowest BCUT2D eigenvalue weighted by atomic mass is 10.0. The molecule has 0 unspecified atom stereocenters. The average molecular weight is 260 g/mol. The molecule has 0 aliphatic heterocycles. The van der Waals surface area contributed by atoms with Crippen molar-refractivity contribution in [1.29, 1.82) is 0 Å². The van der Waals surface area contributed by atoms with Crippen LogP contribution in [0.4, 0.5) is 0 Å². The van der Waals surface area contributed by atoms with Crippen LogP contribution in [0.1, 0.15) is 21.0 Å². The molecule has 19 heavy (non-hydrogen) atoms. The standard InChI is InChI=1S/C13H12N2O4/c1-18-12(16)10-9(8-6-4-3-5-7-8)11(15-14-10)13(17)19-2/h3-7H,1-2H3,(H,14,15). The van der Waals surface area contributed by atoms with Gasteiger partial charge in [-0.3, -0.25) is 5.10 Å². The molecule has 0 saturated carbocycles. The number of hydrogen-bond donors (Lipinski definition) is 1. The zero-order chi connectivity index (χ0) is 13.8. The van der Waals surface area contributed by atoms with E-state index in [4.69, 9.17) is 0 Å². The summed E-state index contributed by atoms with van der Waals surface area (Å²) in [6.07, 6.45) is 0. The Kier molecular flexibility index (Phi) is 3.61. The Labute approximate surface area is 109 Å². The summed E-state index contributed by atoms with van der Waals surface area (Å²) in [6, 6.07) is 8.96. The van der Waals surface area contributed by atoms with Crippen LogP contribution in [0.5, 0.6) is 0 Å². The van der Waals surface area contributed by atoms with Crippen LogP contribution in [0.3, 0.4) is 0 Å². The van der Waals surface area contributed by atoms with Gasteiger partial charge in [-0.25, -0.2) is 9.59 Å². The van der Waals surface area contributed by atoms with Crippen molar-refractivity contribution in [2.75, 3.05) is 14.2 Å². The van der Waals surface area contributed by atoms with E-state index in [1.807, 2.05) is 6.07 Å². The molecular weight excluding hydrogens is 248 g/mol. The number of aromatic nitrogens is 2. The van der Waals surface area contributed by atoms with Crippen molar-refractivity contribution in [1.82, 2.24) is 10.2 Å². The molecule has 0 fully saturated rings. The summed E-state index contributed by atoms with van der Waals surface area (Å²) in [6.45, 7) is 0. The van der Waals surface area contributed by atoms with E-state index >= 15 is 0 Å². The summed E-state index contributed by atoms with van der Waals surface area (Å²) < 4.78 is 9.31. The molecule has 1 aromatic carbocycles. The van der Waals surface area contributed by atoms with Gasteiger partial charge >= 0.3 is 11.9 Å². The number of nitrogens with one attached hydrogen (secondary N) is 1. The highest BCUT2D eigenvalue weighted by atomic mass is 16.5. The minimum atomic E-state index is -0.620. The number of carbonyl (C=O) groups is 2. The average Bonchev–Trinajstić information content (AvgIpc) is 2.91. The fourth-order valence-corrected chi connectivity index (χ4v) is 1.72. The molecule has 1 N–H and O–H groups in total. The number of carbonyl (C=O) groups excluding carboxylic acids is 2. The molecule has 6 heteroatoms. The normalized spacial score (nSPS) is 10.0. The van der Waals surface area contributed by atoms with Crippen LogP contribution in [0.2, 0.25) is 0 Å². The first-order valence-electron chi connectivity index (χ1n) is 5.49. The van der Waals surface area contributed by atoms with Gasteiger partial charge in [-0.05, 0) is 5.56 Å². The quantitative estimate of drug-likeness (QED) is 0.848. The zero-order valence-electron chi connectivity index (χ0n) is 10.5. The molecule has 0 saturated heterocycles. The van der Waals surface area contributed by atoms with Crippen LogP contribution >= 0.6 is 0 Å². The molecule has 1 heterocycles. The van der Waals surface area contributed by atoms with Gasteiger partial charge in [0.15, 0.2) is 11.4 Å². The van der Waals surface area contributed by atoms with E-state index in [0.717, 1.165) is 0 Å². The zero-order valence-corrected chi connectivity index (χ0v) is 10.5. The van der Waals surface area contributed by atoms with Gasteiger partial charge in [-0.15, -0.1) is 0 Å². The molecule has 6 nitrogen and oxygen atoms in total. The number of nitrogens with zero attached hydrogens (tertiary/aromatic N) is 1. The van der Waals surface area contributed by atoms with Crippen LogP contribution in [-0.2, 0) is 9.47 Å². The minimum absolute atomic E-state index is 0.0501. The Morgan fingerprint density at radius 2 is 1.68 bits per heavy atom. The maximum Gasteiger partial charge on any atom is 0.359 e. The lowest BCUT2D eigenvalue weighted by molar-refractivity contribution is 0.0588. The topological polar surface area (TPSA) is 81.3 Å². The second-order valence-electron chi connectivity index (χ2n) is 3.67. The fourth-order valence-electron chi connectivity index (χ4n) is 1.72. The number of H-pyrrole nitrogens is 1. The Morgan fingerprint density at radius 1 is 1.05 bits per heavy atom. The molecule has 0 radical (unpaired) electrons. The lowest BCUT2D eigenvalue weighted by Gasteiger charge is -2.04. The first-order chi connectivity index (χ1) is 9.19. The van der Waals surface area contributed by atoms with Crippen molar-refractivity contribution in [3.05, 3.63) is 41.7 Å². The van der Waals surface area contributed by atoms with Crippen molar-refractivity contribution in [2.24, 2.45) is 0 Å². The van der Waals surface area contributed by atoms with Crippen molar-refractivity contribution >= 4 is 11.9 Å². The summed E-state index contributed by atoms with van der Waals surface area (Å²) in [5.41, 5.74) is 1.22. The predicted molar refractivity (Wildman–Crippen MR) is 66.7 cm³/mol. The van der Waals surface area contributed by atoms with Gasteiger partial charge in [-0.1, -0.05) is 30.3 Å². The molecule has 2 rings (SSSR count). The fraction of sp³-hybridized carbons (Fsp3) is 0.154. The van der Waals surface area contributed by atoms with Crippen LogP contribution in [-0.4, -0.2) is 36.4 Å². The molecule has 0 amide bonds. The Morgan fingerprint density at radius 3 is 2.26 bits per heavy atom. The first-order valence-corrected chi connectivity index (χ1v) is 5.49. The van der Waals surface area contributed by atoms with E-state index < -0.39 is 11.9 Å². The summed E-state index contributed by atoms with van der Waals surface area (Å²) in [4.78, 5) is 23.4. The number of aromatic amines is 1. The van der Waals surface area contributed by atoms with E-state index in [-0.39, 0.29) is 11.4 Å². The van der Waals surface area contributed by atoms with Gasteiger partial charge < -0.3 is 9.47 Å². The largest absolute Gasteiger partial charge is 0.464 e. The van der Waals surface area contributed by atoms with Gasteiger partial charge in [0.1, 0.15) is 0 Å². The minimum Gasteiger partial charge on any atom is -0.464 e. The molecule has 0 bridgehead atoms. The molecule has 0 spiro atoms. The van der Waals surface area contributed by atoms with Crippen molar-refractivity contribution < 1.29 is 19.1 Å². The van der Waals surface area contributed by atoms with Crippen LogP contribution in [0.15, 0.2) is 30.3 Å². The molecule has 1 aromatic heterocycles. The molecular formula is C13H12N2O4. The number of ether oxygens (including phenoxy) is 2. The first kappa shape index (κ1) is 12.8. The highest BCUT2D eigenvalue weighted by Crippen LogP contribution is 2.26. The predicted octanol–water partition coefficient (Wildman–Crippen LogP) is 1.65. The highest BCUT2D eigenvalue weighted by Gasteiger charge is 2.25. The Balaban J connectivity index is 2.63. The van der Waals surface area contributed by atoms with Crippen LogP contribution in [0.25, 0.3) is 11.1 Å². The molecule has 0 aliphatic rings. The number of benzene rings is 1. The van der Waals surface area contributed by atoms with Gasteiger partial charge in [0.05, 0.1) is 14.2 Å². The van der Waals surface area contributed by atoms with Crippen molar-refractivity contribution in [2.45, 2.75) is 0 Å². The van der Waals surface area contributed by atoms with Gasteiger partial charge in [0.25, 0.3) is 0 Å². The third-order valence-electron chi connectivity index (χ3n) is 2.60. The van der Waals surface area contributed by atoms with Crippen LogP contribution in [0, 0.1) is 0 Å². The van der Waals surface area contributed by atoms with Gasteiger partial charge in [0.2, 0.25) is 0 Å². The summed E-state index contributed by atoms with van der Waals surface area (Å²) in [5.74, 6) is -1.22.